The van der Waals surface area contributed by atoms with Crippen molar-refractivity contribution in [2.24, 2.45) is 0 Å². The van der Waals surface area contributed by atoms with Gasteiger partial charge >= 0.3 is 0 Å². The second-order valence-electron chi connectivity index (χ2n) is 6.90. The smallest absolute Gasteiger partial charge is 0.271 e. The number of nitrogens with zero attached hydrogens (tertiary/aromatic N) is 2. The number of nitro benzene ring substituents is 1. The first kappa shape index (κ1) is 20.8. The van der Waals surface area contributed by atoms with E-state index < -0.39 is 10.8 Å². The molecule has 0 aliphatic rings. The fourth-order valence-electron chi connectivity index (χ4n) is 3.40. The van der Waals surface area contributed by atoms with E-state index in [2.05, 4.69) is 5.32 Å². The third-order valence-electron chi connectivity index (χ3n) is 4.95. The van der Waals surface area contributed by atoms with Gasteiger partial charge in [-0.1, -0.05) is 24.3 Å². The summed E-state index contributed by atoms with van der Waals surface area (Å²) in [5.41, 5.74) is 2.59. The number of pyridine rings is 1. The Labute approximate surface area is 183 Å². The minimum Gasteiger partial charge on any atom is -0.493 e. The van der Waals surface area contributed by atoms with E-state index in [4.69, 9.17) is 14.5 Å². The Balaban J connectivity index is 1.78. The van der Waals surface area contributed by atoms with Crippen molar-refractivity contribution in [2.45, 2.75) is 0 Å². The van der Waals surface area contributed by atoms with E-state index in [1.165, 1.54) is 18.2 Å². The number of para-hydroxylation sites is 1. The second kappa shape index (κ2) is 8.73. The summed E-state index contributed by atoms with van der Waals surface area (Å²) in [6, 6.07) is 20.2. The quantitative estimate of drug-likeness (QED) is 0.339. The molecular weight excluding hydrogens is 410 g/mol. The van der Waals surface area contributed by atoms with E-state index in [9.17, 15) is 14.9 Å². The van der Waals surface area contributed by atoms with Gasteiger partial charge in [0.15, 0.2) is 11.5 Å². The van der Waals surface area contributed by atoms with Crippen LogP contribution in [0.25, 0.3) is 22.2 Å². The highest BCUT2D eigenvalue weighted by Crippen LogP contribution is 2.33. The third-order valence-corrected chi connectivity index (χ3v) is 4.95. The number of hydrogen-bond acceptors (Lipinski definition) is 6. The fraction of sp³-hybridized carbons (Fsp3) is 0.0833. The van der Waals surface area contributed by atoms with Crippen LogP contribution in [0.1, 0.15) is 10.4 Å². The van der Waals surface area contributed by atoms with Crippen LogP contribution < -0.4 is 14.8 Å². The molecule has 0 aliphatic heterocycles. The van der Waals surface area contributed by atoms with Crippen LogP contribution in [0.15, 0.2) is 72.8 Å². The number of nitro groups is 1. The number of non-ortho nitro benzene ring substituents is 1. The predicted molar refractivity (Wildman–Crippen MR) is 121 cm³/mol. The molecule has 1 heterocycles. The van der Waals surface area contributed by atoms with Crippen molar-refractivity contribution in [2.75, 3.05) is 19.5 Å². The van der Waals surface area contributed by atoms with Crippen molar-refractivity contribution >= 4 is 28.2 Å². The van der Waals surface area contributed by atoms with Gasteiger partial charge in [-0.3, -0.25) is 14.9 Å². The number of methoxy groups -OCH3 is 2. The van der Waals surface area contributed by atoms with Crippen LogP contribution in [-0.4, -0.2) is 30.0 Å². The van der Waals surface area contributed by atoms with Crippen LogP contribution in [0.2, 0.25) is 0 Å². The highest BCUT2D eigenvalue weighted by atomic mass is 16.6. The number of carbonyl (C=O) groups is 1. The molecule has 1 aromatic heterocycles. The van der Waals surface area contributed by atoms with E-state index in [1.54, 1.807) is 38.5 Å². The molecule has 0 radical (unpaired) electrons. The van der Waals surface area contributed by atoms with Crippen molar-refractivity contribution in [1.29, 1.82) is 0 Å². The first-order valence-electron chi connectivity index (χ1n) is 9.68. The van der Waals surface area contributed by atoms with Gasteiger partial charge in [0.05, 0.1) is 35.9 Å². The maximum absolute atomic E-state index is 13.2. The largest absolute Gasteiger partial charge is 0.493 e. The number of anilines is 1. The number of hydrogen-bond donors (Lipinski definition) is 1. The molecule has 1 amide bonds. The maximum Gasteiger partial charge on any atom is 0.271 e. The summed E-state index contributed by atoms with van der Waals surface area (Å²) in [7, 11) is 3.11. The van der Waals surface area contributed by atoms with Crippen molar-refractivity contribution in [3.05, 3.63) is 88.5 Å². The molecule has 3 aromatic carbocycles. The van der Waals surface area contributed by atoms with Gasteiger partial charge in [-0.2, -0.15) is 0 Å². The molecule has 4 aromatic rings. The van der Waals surface area contributed by atoms with Crippen molar-refractivity contribution in [1.82, 2.24) is 4.98 Å². The third kappa shape index (κ3) is 4.06. The molecular formula is C24H19N3O5. The van der Waals surface area contributed by atoms with Crippen LogP contribution in [0, 0.1) is 10.1 Å². The molecule has 0 saturated carbocycles. The average Bonchev–Trinajstić information content (AvgIpc) is 2.82. The number of aromatic nitrogens is 1. The Kier molecular flexibility index (Phi) is 5.67. The van der Waals surface area contributed by atoms with Crippen molar-refractivity contribution < 1.29 is 19.2 Å². The highest BCUT2D eigenvalue weighted by Gasteiger charge is 2.16. The molecule has 1 N–H and O–H groups in total. The standard InChI is InChI=1S/C24H19N3O5/c1-31-22-11-10-15(12-23(22)32-2)21-14-19(18-8-3-4-9-20(18)26-21)24(28)25-16-6-5-7-17(13-16)27(29)30/h3-14H,1-2H3,(H,25,28). The molecule has 160 valence electrons. The van der Waals surface area contributed by atoms with Crippen LogP contribution in [0.5, 0.6) is 11.5 Å². The zero-order valence-corrected chi connectivity index (χ0v) is 17.4. The minimum atomic E-state index is -0.507. The average molecular weight is 429 g/mol. The van der Waals surface area contributed by atoms with Crippen LogP contribution >= 0.6 is 0 Å². The molecule has 0 unspecified atom stereocenters. The van der Waals surface area contributed by atoms with Crippen molar-refractivity contribution in [3.63, 3.8) is 0 Å². The van der Waals surface area contributed by atoms with E-state index in [1.807, 2.05) is 30.3 Å². The first-order chi connectivity index (χ1) is 15.5. The van der Waals surface area contributed by atoms with Gasteiger partial charge in [-0.15, -0.1) is 0 Å². The zero-order valence-electron chi connectivity index (χ0n) is 17.4. The zero-order chi connectivity index (χ0) is 22.7. The molecule has 32 heavy (non-hydrogen) atoms. The Bertz CT molecular complexity index is 1340. The molecule has 0 spiro atoms. The summed E-state index contributed by atoms with van der Waals surface area (Å²) in [6.07, 6.45) is 0. The second-order valence-corrected chi connectivity index (χ2v) is 6.90. The molecule has 0 fully saturated rings. The molecule has 0 saturated heterocycles. The van der Waals surface area contributed by atoms with Gasteiger partial charge in [0.1, 0.15) is 0 Å². The number of fused-ring (bicyclic) bond motifs is 1. The van der Waals surface area contributed by atoms with Crippen LogP contribution in [0.4, 0.5) is 11.4 Å². The van der Waals surface area contributed by atoms with Gasteiger partial charge < -0.3 is 14.8 Å². The summed E-state index contributed by atoms with van der Waals surface area (Å²) in [4.78, 5) is 28.4. The van der Waals surface area contributed by atoms with E-state index >= 15 is 0 Å². The molecule has 4 rings (SSSR count). The summed E-state index contributed by atoms with van der Waals surface area (Å²) in [5, 5.41) is 14.5. The summed E-state index contributed by atoms with van der Waals surface area (Å²) in [6.45, 7) is 0. The Morgan fingerprint density at radius 3 is 2.47 bits per heavy atom. The van der Waals surface area contributed by atoms with Gasteiger partial charge in [0, 0.05) is 28.8 Å². The lowest BCUT2D eigenvalue weighted by atomic mass is 10.0. The lowest BCUT2D eigenvalue weighted by molar-refractivity contribution is -0.384. The van der Waals surface area contributed by atoms with Crippen LogP contribution in [0.3, 0.4) is 0 Å². The van der Waals surface area contributed by atoms with E-state index in [0.29, 0.717) is 39.3 Å². The van der Waals surface area contributed by atoms with Gasteiger partial charge in [-0.25, -0.2) is 4.98 Å². The summed E-state index contributed by atoms with van der Waals surface area (Å²) in [5.74, 6) is 0.731. The lowest BCUT2D eigenvalue weighted by Gasteiger charge is -2.12. The molecule has 0 aliphatic carbocycles. The normalized spacial score (nSPS) is 10.6. The lowest BCUT2D eigenvalue weighted by Crippen LogP contribution is -2.13. The van der Waals surface area contributed by atoms with E-state index in [-0.39, 0.29) is 5.69 Å². The summed E-state index contributed by atoms with van der Waals surface area (Å²) >= 11 is 0. The molecule has 0 atom stereocenters. The molecule has 0 bridgehead atoms. The van der Waals surface area contributed by atoms with Crippen molar-refractivity contribution in [3.8, 4) is 22.8 Å². The Morgan fingerprint density at radius 2 is 1.72 bits per heavy atom. The minimum absolute atomic E-state index is 0.103. The monoisotopic (exact) mass is 429 g/mol. The predicted octanol–water partition coefficient (Wildman–Crippen LogP) is 5.08. The van der Waals surface area contributed by atoms with Gasteiger partial charge in [-0.05, 0) is 36.4 Å². The van der Waals surface area contributed by atoms with E-state index in [0.717, 1.165) is 5.56 Å². The molecule has 8 heteroatoms. The topological polar surface area (TPSA) is 104 Å². The van der Waals surface area contributed by atoms with Gasteiger partial charge in [0.2, 0.25) is 0 Å². The summed E-state index contributed by atoms with van der Waals surface area (Å²) < 4.78 is 10.7. The number of nitrogens with one attached hydrogen (secondary N) is 1. The Hall–Kier alpha value is -4.46. The SMILES string of the molecule is COc1ccc(-c2cc(C(=O)Nc3cccc([N+](=O)[O-])c3)c3ccccc3n2)cc1OC. The number of benzene rings is 3. The molecule has 8 nitrogen and oxygen atoms in total. The number of carbonyl (C=O) groups excluding carboxylic acids is 1. The highest BCUT2D eigenvalue weighted by molar-refractivity contribution is 6.13. The number of ether oxygens (including phenoxy) is 2. The number of rotatable bonds is 6. The fourth-order valence-corrected chi connectivity index (χ4v) is 3.40. The number of amides is 1. The van der Waals surface area contributed by atoms with Crippen LogP contribution in [-0.2, 0) is 0 Å². The Morgan fingerprint density at radius 1 is 0.938 bits per heavy atom. The first-order valence-corrected chi connectivity index (χ1v) is 9.68. The van der Waals surface area contributed by atoms with Gasteiger partial charge in [0.25, 0.3) is 11.6 Å². The maximum atomic E-state index is 13.2.